The highest BCUT2D eigenvalue weighted by atomic mass is 79.9. The third-order valence-corrected chi connectivity index (χ3v) is 4.86. The van der Waals surface area contributed by atoms with Crippen LogP contribution in [0.25, 0.3) is 0 Å². The van der Waals surface area contributed by atoms with Gasteiger partial charge in [-0.05, 0) is 41.0 Å². The highest BCUT2D eigenvalue weighted by Crippen LogP contribution is 2.28. The van der Waals surface area contributed by atoms with Crippen molar-refractivity contribution in [3.63, 3.8) is 0 Å². The Balaban J connectivity index is 2.15. The normalized spacial score (nSPS) is 12.8. The van der Waals surface area contributed by atoms with Gasteiger partial charge in [0.15, 0.2) is 0 Å². The average molecular weight is 342 g/mol. The van der Waals surface area contributed by atoms with Gasteiger partial charge in [-0.3, -0.25) is 0 Å². The molecule has 1 unspecified atom stereocenters. The number of furan rings is 1. The third kappa shape index (κ3) is 3.94. The Morgan fingerprint density at radius 2 is 2.26 bits per heavy atom. The lowest BCUT2D eigenvalue weighted by atomic mass is 10.0. The Morgan fingerprint density at radius 3 is 2.89 bits per heavy atom. The molecule has 4 heteroatoms. The lowest BCUT2D eigenvalue weighted by Crippen LogP contribution is -2.24. The van der Waals surface area contributed by atoms with Crippen LogP contribution in [-0.4, -0.2) is 6.54 Å². The maximum Gasteiger partial charge on any atom is 0.108 e. The first-order chi connectivity index (χ1) is 9.24. The maximum atomic E-state index is 5.57. The van der Waals surface area contributed by atoms with Crippen LogP contribution in [0.3, 0.4) is 0 Å². The molecule has 1 N–H and O–H groups in total. The zero-order valence-corrected chi connectivity index (χ0v) is 13.8. The molecular weight excluding hydrogens is 322 g/mol. The highest BCUT2D eigenvalue weighted by Gasteiger charge is 2.17. The summed E-state index contributed by atoms with van der Waals surface area (Å²) in [5.41, 5.74) is 1.31. The van der Waals surface area contributed by atoms with Crippen molar-refractivity contribution in [2.45, 2.75) is 39.2 Å². The van der Waals surface area contributed by atoms with E-state index in [0.29, 0.717) is 6.04 Å². The molecule has 0 fully saturated rings. The van der Waals surface area contributed by atoms with Crippen molar-refractivity contribution in [2.75, 3.05) is 6.54 Å². The van der Waals surface area contributed by atoms with E-state index in [4.69, 9.17) is 4.42 Å². The largest absolute Gasteiger partial charge is 0.469 e. The van der Waals surface area contributed by atoms with Crippen LogP contribution < -0.4 is 5.32 Å². The van der Waals surface area contributed by atoms with Crippen LogP contribution in [0, 0.1) is 0 Å². The Morgan fingerprint density at radius 1 is 1.42 bits per heavy atom. The van der Waals surface area contributed by atoms with Gasteiger partial charge in [0.25, 0.3) is 0 Å². The molecule has 19 heavy (non-hydrogen) atoms. The zero-order valence-electron chi connectivity index (χ0n) is 11.4. The highest BCUT2D eigenvalue weighted by molar-refractivity contribution is 9.10. The third-order valence-electron chi connectivity index (χ3n) is 3.14. The molecule has 0 aliphatic heterocycles. The van der Waals surface area contributed by atoms with Crippen molar-refractivity contribution < 1.29 is 4.42 Å². The predicted molar refractivity (Wildman–Crippen MR) is 84.8 cm³/mol. The Hall–Kier alpha value is -0.580. The molecule has 0 saturated heterocycles. The van der Waals surface area contributed by atoms with E-state index in [2.05, 4.69) is 52.6 Å². The smallest absolute Gasteiger partial charge is 0.108 e. The van der Waals surface area contributed by atoms with E-state index >= 15 is 0 Å². The van der Waals surface area contributed by atoms with E-state index in [1.54, 1.807) is 17.6 Å². The van der Waals surface area contributed by atoms with Crippen LogP contribution in [0.2, 0.25) is 0 Å². The fourth-order valence-electron chi connectivity index (χ4n) is 2.22. The molecule has 2 rings (SSSR count). The Kier molecular flexibility index (Phi) is 5.67. The van der Waals surface area contributed by atoms with Crippen LogP contribution >= 0.6 is 27.3 Å². The molecule has 0 saturated carbocycles. The van der Waals surface area contributed by atoms with E-state index in [9.17, 15) is 0 Å². The van der Waals surface area contributed by atoms with Gasteiger partial charge in [-0.1, -0.05) is 13.8 Å². The summed E-state index contributed by atoms with van der Waals surface area (Å²) in [5, 5.41) is 5.78. The minimum absolute atomic E-state index is 0.346. The molecule has 0 radical (unpaired) electrons. The first kappa shape index (κ1) is 14.8. The molecule has 2 nitrogen and oxygen atoms in total. The quantitative estimate of drug-likeness (QED) is 0.770. The lowest BCUT2D eigenvalue weighted by molar-refractivity contribution is 0.483. The second kappa shape index (κ2) is 7.27. The fraction of sp³-hybridized carbons (Fsp3) is 0.467. The summed E-state index contributed by atoms with van der Waals surface area (Å²) in [4.78, 5) is 1.39. The second-order valence-corrected chi connectivity index (χ2v) is 6.51. The predicted octanol–water partition coefficient (Wildman–Crippen LogP) is 4.95. The van der Waals surface area contributed by atoms with Gasteiger partial charge in [0.05, 0.1) is 6.26 Å². The minimum Gasteiger partial charge on any atom is -0.469 e. The second-order valence-electron chi connectivity index (χ2n) is 4.59. The number of hydrogen-bond donors (Lipinski definition) is 1. The van der Waals surface area contributed by atoms with Gasteiger partial charge < -0.3 is 9.73 Å². The first-order valence-corrected chi connectivity index (χ1v) is 8.44. The molecule has 2 aromatic rings. The van der Waals surface area contributed by atoms with Gasteiger partial charge in [0.1, 0.15) is 5.76 Å². The fourth-order valence-corrected chi connectivity index (χ4v) is 3.72. The van der Waals surface area contributed by atoms with Gasteiger partial charge in [-0.15, -0.1) is 11.3 Å². The van der Waals surface area contributed by atoms with Crippen LogP contribution in [0.5, 0.6) is 0 Å². The standard InChI is InChI=1S/C15H20BrNOS/c1-3-6-17-14(9-12-8-11(16)10-19-12)13-5-7-18-15(13)4-2/h5,7-8,10,14,17H,3-4,6,9H2,1-2H3. The van der Waals surface area contributed by atoms with Gasteiger partial charge in [-0.2, -0.15) is 0 Å². The molecule has 2 aromatic heterocycles. The van der Waals surface area contributed by atoms with E-state index in [-0.39, 0.29) is 0 Å². The number of thiophene rings is 1. The molecule has 0 aliphatic carbocycles. The minimum atomic E-state index is 0.346. The zero-order chi connectivity index (χ0) is 13.7. The Labute approximate surface area is 127 Å². The summed E-state index contributed by atoms with van der Waals surface area (Å²) in [6.07, 6.45) is 4.91. The molecule has 0 amide bonds. The van der Waals surface area contributed by atoms with Crippen LogP contribution in [0.15, 0.2) is 32.7 Å². The van der Waals surface area contributed by atoms with E-state index < -0.39 is 0 Å². The van der Waals surface area contributed by atoms with Gasteiger partial charge in [-0.25, -0.2) is 0 Å². The summed E-state index contributed by atoms with van der Waals surface area (Å²) >= 11 is 5.33. The van der Waals surface area contributed by atoms with Crippen LogP contribution in [-0.2, 0) is 12.8 Å². The van der Waals surface area contributed by atoms with E-state index in [1.807, 2.05) is 0 Å². The number of nitrogens with one attached hydrogen (secondary N) is 1. The topological polar surface area (TPSA) is 25.2 Å². The number of aryl methyl sites for hydroxylation is 1. The molecule has 104 valence electrons. The number of hydrogen-bond acceptors (Lipinski definition) is 3. The molecule has 0 aliphatic rings. The van der Waals surface area contributed by atoms with Gasteiger partial charge in [0.2, 0.25) is 0 Å². The van der Waals surface area contributed by atoms with Crippen molar-refractivity contribution >= 4 is 27.3 Å². The number of halogens is 1. The molecule has 1 atom stereocenters. The molecule has 0 aromatic carbocycles. The van der Waals surface area contributed by atoms with Crippen molar-refractivity contribution in [2.24, 2.45) is 0 Å². The first-order valence-electron chi connectivity index (χ1n) is 6.77. The average Bonchev–Trinajstić information content (AvgIpc) is 3.03. The Bertz CT molecular complexity index is 506. The summed E-state index contributed by atoms with van der Waals surface area (Å²) in [6, 6.07) is 4.66. The summed E-state index contributed by atoms with van der Waals surface area (Å²) in [6.45, 7) is 5.37. The monoisotopic (exact) mass is 341 g/mol. The van der Waals surface area contributed by atoms with Crippen LogP contribution in [0.4, 0.5) is 0 Å². The van der Waals surface area contributed by atoms with Crippen molar-refractivity contribution in [1.82, 2.24) is 5.32 Å². The molecule has 0 bridgehead atoms. The molecule has 0 spiro atoms. The summed E-state index contributed by atoms with van der Waals surface area (Å²) in [7, 11) is 0. The van der Waals surface area contributed by atoms with Gasteiger partial charge >= 0.3 is 0 Å². The van der Waals surface area contributed by atoms with Crippen molar-refractivity contribution in [1.29, 1.82) is 0 Å². The SMILES string of the molecule is CCCNC(Cc1cc(Br)cs1)c1ccoc1CC. The van der Waals surface area contributed by atoms with E-state index in [0.717, 1.165) is 31.6 Å². The molecule has 2 heterocycles. The summed E-state index contributed by atoms with van der Waals surface area (Å²) in [5.74, 6) is 1.10. The van der Waals surface area contributed by atoms with Crippen molar-refractivity contribution in [3.8, 4) is 0 Å². The maximum absolute atomic E-state index is 5.57. The molecular formula is C15H20BrNOS. The summed E-state index contributed by atoms with van der Waals surface area (Å²) < 4.78 is 6.74. The van der Waals surface area contributed by atoms with Gasteiger partial charge in [0, 0.05) is 39.2 Å². The lowest BCUT2D eigenvalue weighted by Gasteiger charge is -2.17. The van der Waals surface area contributed by atoms with E-state index in [1.165, 1.54) is 14.9 Å². The van der Waals surface area contributed by atoms with Crippen LogP contribution in [0.1, 0.15) is 42.5 Å². The van der Waals surface area contributed by atoms with Crippen molar-refractivity contribution in [3.05, 3.63) is 44.4 Å². The number of rotatable bonds is 7.